The van der Waals surface area contributed by atoms with Crippen LogP contribution >= 0.6 is 24.8 Å². The highest BCUT2D eigenvalue weighted by Gasteiger charge is 2.26. The van der Waals surface area contributed by atoms with Crippen LogP contribution < -0.4 is 5.32 Å². The van der Waals surface area contributed by atoms with Gasteiger partial charge in [0.1, 0.15) is 11.6 Å². The van der Waals surface area contributed by atoms with E-state index in [-0.39, 0.29) is 36.4 Å². The standard InChI is InChI=1S/C15H20F2N2.2ClH/c1-2-3-7-14(19-10-8-18-9-11-19)15-12(16)5-4-6-13(15)17;;/h2,4-6,14,18H,1,3,7-11H2;2*1H/t14-;;/m0../s1. The van der Waals surface area contributed by atoms with Gasteiger partial charge in [-0.2, -0.15) is 0 Å². The fourth-order valence-electron chi connectivity index (χ4n) is 2.61. The van der Waals surface area contributed by atoms with Gasteiger partial charge in [0, 0.05) is 37.8 Å². The molecule has 6 heteroatoms. The summed E-state index contributed by atoms with van der Waals surface area (Å²) in [4.78, 5) is 2.15. The van der Waals surface area contributed by atoms with Gasteiger partial charge < -0.3 is 5.32 Å². The summed E-state index contributed by atoms with van der Waals surface area (Å²) in [5.41, 5.74) is 0.200. The number of nitrogens with zero attached hydrogens (tertiary/aromatic N) is 1. The van der Waals surface area contributed by atoms with E-state index in [1.54, 1.807) is 6.08 Å². The first-order chi connectivity index (χ1) is 9.24. The Hall–Kier alpha value is -0.680. The van der Waals surface area contributed by atoms with Crippen molar-refractivity contribution < 1.29 is 8.78 Å². The van der Waals surface area contributed by atoms with Gasteiger partial charge in [0.15, 0.2) is 0 Å². The van der Waals surface area contributed by atoms with Crippen LogP contribution in [-0.2, 0) is 0 Å². The molecule has 2 nitrogen and oxygen atoms in total. The first-order valence-electron chi connectivity index (χ1n) is 6.73. The number of hydrogen-bond donors (Lipinski definition) is 1. The molecule has 0 bridgehead atoms. The number of halogens is 4. The summed E-state index contributed by atoms with van der Waals surface area (Å²) in [6.07, 6.45) is 3.25. The molecular weight excluding hydrogens is 317 g/mol. The molecule has 0 spiro atoms. The highest BCUT2D eigenvalue weighted by molar-refractivity contribution is 5.85. The topological polar surface area (TPSA) is 15.3 Å². The van der Waals surface area contributed by atoms with E-state index in [2.05, 4.69) is 16.8 Å². The fraction of sp³-hybridized carbons (Fsp3) is 0.467. The monoisotopic (exact) mass is 338 g/mol. The van der Waals surface area contributed by atoms with Crippen molar-refractivity contribution in [3.8, 4) is 0 Å². The molecule has 0 radical (unpaired) electrons. The zero-order valence-electron chi connectivity index (χ0n) is 11.9. The maximum absolute atomic E-state index is 14.0. The summed E-state index contributed by atoms with van der Waals surface area (Å²) in [7, 11) is 0. The van der Waals surface area contributed by atoms with Crippen LogP contribution in [0.25, 0.3) is 0 Å². The molecular formula is C15H22Cl2F2N2. The average molecular weight is 339 g/mol. The van der Waals surface area contributed by atoms with Gasteiger partial charge in [-0.3, -0.25) is 4.90 Å². The summed E-state index contributed by atoms with van der Waals surface area (Å²) >= 11 is 0. The van der Waals surface area contributed by atoms with Gasteiger partial charge in [0.25, 0.3) is 0 Å². The van der Waals surface area contributed by atoms with Crippen LogP contribution in [-0.4, -0.2) is 31.1 Å². The lowest BCUT2D eigenvalue weighted by Crippen LogP contribution is -2.45. The molecule has 1 fully saturated rings. The normalized spacial score (nSPS) is 16.5. The van der Waals surface area contributed by atoms with E-state index in [4.69, 9.17) is 0 Å². The van der Waals surface area contributed by atoms with E-state index >= 15 is 0 Å². The third-order valence-electron chi connectivity index (χ3n) is 3.57. The predicted molar refractivity (Wildman–Crippen MR) is 87.5 cm³/mol. The lowest BCUT2D eigenvalue weighted by molar-refractivity contribution is 0.159. The van der Waals surface area contributed by atoms with Crippen molar-refractivity contribution in [3.05, 3.63) is 48.1 Å². The molecule has 120 valence electrons. The Bertz CT molecular complexity index is 417. The van der Waals surface area contributed by atoms with Gasteiger partial charge in [-0.25, -0.2) is 8.78 Å². The van der Waals surface area contributed by atoms with Gasteiger partial charge >= 0.3 is 0 Å². The van der Waals surface area contributed by atoms with Gasteiger partial charge in [-0.15, -0.1) is 31.4 Å². The molecule has 0 saturated carbocycles. The first-order valence-corrected chi connectivity index (χ1v) is 6.73. The van der Waals surface area contributed by atoms with E-state index in [9.17, 15) is 8.78 Å². The summed E-state index contributed by atoms with van der Waals surface area (Å²) in [5, 5.41) is 3.26. The van der Waals surface area contributed by atoms with Gasteiger partial charge in [-0.05, 0) is 25.0 Å². The van der Waals surface area contributed by atoms with Crippen molar-refractivity contribution >= 4 is 24.8 Å². The Kier molecular flexibility index (Phi) is 9.79. The van der Waals surface area contributed by atoms with Crippen molar-refractivity contribution in [1.29, 1.82) is 0 Å². The largest absolute Gasteiger partial charge is 0.314 e. The van der Waals surface area contributed by atoms with Crippen LogP contribution in [0.5, 0.6) is 0 Å². The minimum atomic E-state index is -0.451. The summed E-state index contributed by atoms with van der Waals surface area (Å²) in [6.45, 7) is 7.05. The first kappa shape index (κ1) is 20.3. The molecule has 1 heterocycles. The van der Waals surface area contributed by atoms with Crippen molar-refractivity contribution in [2.24, 2.45) is 0 Å². The van der Waals surface area contributed by atoms with Crippen LogP contribution in [0.2, 0.25) is 0 Å². The van der Waals surface area contributed by atoms with Crippen molar-refractivity contribution in [2.75, 3.05) is 26.2 Å². The Morgan fingerprint density at radius 3 is 2.29 bits per heavy atom. The molecule has 1 saturated heterocycles. The third kappa shape index (κ3) is 5.22. The molecule has 0 unspecified atom stereocenters. The Labute approximate surface area is 137 Å². The number of allylic oxidation sites excluding steroid dienone is 1. The SMILES string of the molecule is C=CCC[C@@H](c1c(F)cccc1F)N1CCNCC1.Cl.Cl. The summed E-state index contributed by atoms with van der Waals surface area (Å²) in [6, 6.07) is 3.88. The van der Waals surface area contributed by atoms with E-state index in [0.29, 0.717) is 6.42 Å². The van der Waals surface area contributed by atoms with Crippen LogP contribution in [0.4, 0.5) is 8.78 Å². The zero-order valence-corrected chi connectivity index (χ0v) is 13.5. The molecule has 21 heavy (non-hydrogen) atoms. The molecule has 1 aliphatic heterocycles. The van der Waals surface area contributed by atoms with E-state index < -0.39 is 11.6 Å². The molecule has 1 aromatic carbocycles. The predicted octanol–water partition coefficient (Wildman–Crippen LogP) is 3.72. The van der Waals surface area contributed by atoms with Crippen molar-refractivity contribution in [1.82, 2.24) is 10.2 Å². The maximum Gasteiger partial charge on any atom is 0.130 e. The highest BCUT2D eigenvalue weighted by Crippen LogP contribution is 2.30. The second-order valence-electron chi connectivity index (χ2n) is 4.80. The van der Waals surface area contributed by atoms with Gasteiger partial charge in [0.05, 0.1) is 0 Å². The third-order valence-corrected chi connectivity index (χ3v) is 3.57. The quantitative estimate of drug-likeness (QED) is 0.823. The number of rotatable bonds is 5. The zero-order chi connectivity index (χ0) is 13.7. The van der Waals surface area contributed by atoms with E-state index in [0.717, 1.165) is 32.6 Å². The smallest absolute Gasteiger partial charge is 0.130 e. The van der Waals surface area contributed by atoms with Crippen LogP contribution in [0.3, 0.4) is 0 Å². The van der Waals surface area contributed by atoms with Crippen LogP contribution in [0, 0.1) is 11.6 Å². The van der Waals surface area contributed by atoms with Crippen molar-refractivity contribution in [2.45, 2.75) is 18.9 Å². The summed E-state index contributed by atoms with van der Waals surface area (Å²) < 4.78 is 27.9. The van der Waals surface area contributed by atoms with Crippen molar-refractivity contribution in [3.63, 3.8) is 0 Å². The number of nitrogens with one attached hydrogen (secondary N) is 1. The molecule has 0 aromatic heterocycles. The Morgan fingerprint density at radius 1 is 1.19 bits per heavy atom. The van der Waals surface area contributed by atoms with E-state index in [1.165, 1.54) is 18.2 Å². The second-order valence-corrected chi connectivity index (χ2v) is 4.80. The maximum atomic E-state index is 14.0. The molecule has 1 aliphatic rings. The van der Waals surface area contributed by atoms with E-state index in [1.807, 2.05) is 0 Å². The van der Waals surface area contributed by atoms with Crippen LogP contribution in [0.1, 0.15) is 24.4 Å². The number of benzene rings is 1. The second kappa shape index (κ2) is 10.1. The average Bonchev–Trinajstić information content (AvgIpc) is 2.43. The molecule has 0 amide bonds. The van der Waals surface area contributed by atoms with Gasteiger partial charge in [-0.1, -0.05) is 12.1 Å². The van der Waals surface area contributed by atoms with Crippen LogP contribution in [0.15, 0.2) is 30.9 Å². The number of hydrogen-bond acceptors (Lipinski definition) is 2. The molecule has 1 atom stereocenters. The fourth-order valence-corrected chi connectivity index (χ4v) is 2.61. The highest BCUT2D eigenvalue weighted by atomic mass is 35.5. The molecule has 1 aromatic rings. The Morgan fingerprint density at radius 2 is 1.76 bits per heavy atom. The minimum absolute atomic E-state index is 0. The van der Waals surface area contributed by atoms with Gasteiger partial charge in [0.2, 0.25) is 0 Å². The summed E-state index contributed by atoms with van der Waals surface area (Å²) in [5.74, 6) is -0.903. The lowest BCUT2D eigenvalue weighted by atomic mass is 9.98. The molecule has 2 rings (SSSR count). The number of piperazine rings is 1. The molecule has 0 aliphatic carbocycles. The lowest BCUT2D eigenvalue weighted by Gasteiger charge is -2.35. The molecule has 1 N–H and O–H groups in total. The minimum Gasteiger partial charge on any atom is -0.314 e. The Balaban J connectivity index is 0.00000200.